The normalized spacial score (nSPS) is 17.2. The van der Waals surface area contributed by atoms with E-state index in [4.69, 9.17) is 0 Å². The third kappa shape index (κ3) is 4.23. The molecule has 2 aromatic carbocycles. The Morgan fingerprint density at radius 2 is 1.50 bits per heavy atom. The maximum absolute atomic E-state index is 13.7. The monoisotopic (exact) mass is 483 g/mol. The summed E-state index contributed by atoms with van der Waals surface area (Å²) in [5.41, 5.74) is 2.60. The summed E-state index contributed by atoms with van der Waals surface area (Å²) in [7, 11) is 0. The first-order valence-corrected chi connectivity index (χ1v) is 12.4. The third-order valence-electron chi connectivity index (χ3n) is 7.18. The molecule has 0 spiro atoms. The van der Waals surface area contributed by atoms with Crippen LogP contribution < -0.4 is 4.90 Å². The number of imide groups is 1. The largest absolute Gasteiger partial charge is 0.353 e. The lowest BCUT2D eigenvalue weighted by molar-refractivity contribution is -0.137. The van der Waals surface area contributed by atoms with E-state index in [1.54, 1.807) is 35.5 Å². The molecule has 1 fully saturated rings. The molecule has 3 amide bonds. The first kappa shape index (κ1) is 23.7. The van der Waals surface area contributed by atoms with Crippen molar-refractivity contribution in [3.05, 3.63) is 78.1 Å². The lowest BCUT2D eigenvalue weighted by atomic mass is 9.95. The Morgan fingerprint density at radius 3 is 2.11 bits per heavy atom. The Kier molecular flexibility index (Phi) is 6.50. The van der Waals surface area contributed by atoms with Crippen molar-refractivity contribution >= 4 is 23.5 Å². The summed E-state index contributed by atoms with van der Waals surface area (Å²) in [4.78, 5) is 54.0. The van der Waals surface area contributed by atoms with Crippen LogP contribution in [0.2, 0.25) is 0 Å². The Labute approximate surface area is 210 Å². The van der Waals surface area contributed by atoms with Gasteiger partial charge in [-0.05, 0) is 18.1 Å². The number of amides is 3. The molecular formula is C28H29N5O3. The van der Waals surface area contributed by atoms with Gasteiger partial charge in [-0.2, -0.15) is 0 Å². The fraction of sp³-hybridized carbons (Fsp3) is 0.321. The SMILES string of the molecule is CCC(C)C(C(=O)N1CCN(c2cc(-c3ccccc3)ncn2)CC1)N1C(=O)c2ccccc2C1=O. The van der Waals surface area contributed by atoms with Gasteiger partial charge in [0.05, 0.1) is 16.8 Å². The van der Waals surface area contributed by atoms with Crippen LogP contribution in [0.25, 0.3) is 11.3 Å². The van der Waals surface area contributed by atoms with Crippen molar-refractivity contribution < 1.29 is 14.4 Å². The highest BCUT2D eigenvalue weighted by Crippen LogP contribution is 2.30. The second kappa shape index (κ2) is 9.89. The standard InChI is InChI=1S/C28H29N5O3/c1-3-19(2)25(33-26(34)21-11-7-8-12-22(21)27(33)35)28(36)32-15-13-31(14-16-32)24-17-23(29-18-30-24)20-9-5-4-6-10-20/h4-12,17-19,25H,3,13-16H2,1-2H3. The van der Waals surface area contributed by atoms with E-state index in [1.165, 1.54) is 4.90 Å². The summed E-state index contributed by atoms with van der Waals surface area (Å²) >= 11 is 0. The van der Waals surface area contributed by atoms with Crippen molar-refractivity contribution in [2.24, 2.45) is 5.92 Å². The molecule has 2 unspecified atom stereocenters. The zero-order chi connectivity index (χ0) is 25.2. The van der Waals surface area contributed by atoms with Crippen LogP contribution in [0.1, 0.15) is 41.0 Å². The van der Waals surface area contributed by atoms with E-state index in [1.807, 2.05) is 50.2 Å². The van der Waals surface area contributed by atoms with Gasteiger partial charge in [-0.3, -0.25) is 19.3 Å². The van der Waals surface area contributed by atoms with E-state index in [0.717, 1.165) is 17.1 Å². The van der Waals surface area contributed by atoms with Crippen LogP contribution in [0.15, 0.2) is 67.0 Å². The molecule has 2 atom stereocenters. The summed E-state index contributed by atoms with van der Waals surface area (Å²) in [6, 6.07) is 17.9. The number of carbonyl (C=O) groups excluding carboxylic acids is 3. The van der Waals surface area contributed by atoms with Crippen LogP contribution in [-0.4, -0.2) is 69.7 Å². The minimum absolute atomic E-state index is 0.159. The first-order chi connectivity index (χ1) is 17.5. The molecular weight excluding hydrogens is 454 g/mol. The number of aromatic nitrogens is 2. The number of piperazine rings is 1. The highest BCUT2D eigenvalue weighted by atomic mass is 16.2. The van der Waals surface area contributed by atoms with Crippen LogP contribution in [-0.2, 0) is 4.79 Å². The van der Waals surface area contributed by atoms with Gasteiger partial charge in [0.25, 0.3) is 11.8 Å². The van der Waals surface area contributed by atoms with Gasteiger partial charge >= 0.3 is 0 Å². The highest BCUT2D eigenvalue weighted by molar-refractivity contribution is 6.22. The molecule has 3 aromatic rings. The fourth-order valence-corrected chi connectivity index (χ4v) is 4.92. The average molecular weight is 484 g/mol. The zero-order valence-electron chi connectivity index (χ0n) is 20.5. The van der Waals surface area contributed by atoms with Gasteiger partial charge in [0.15, 0.2) is 0 Å². The minimum Gasteiger partial charge on any atom is -0.353 e. The maximum Gasteiger partial charge on any atom is 0.262 e. The molecule has 0 N–H and O–H groups in total. The molecule has 8 heteroatoms. The van der Waals surface area contributed by atoms with Crippen molar-refractivity contribution in [2.75, 3.05) is 31.1 Å². The smallest absolute Gasteiger partial charge is 0.262 e. The predicted molar refractivity (Wildman–Crippen MR) is 136 cm³/mol. The molecule has 0 radical (unpaired) electrons. The molecule has 36 heavy (non-hydrogen) atoms. The Balaban J connectivity index is 1.31. The van der Waals surface area contributed by atoms with E-state index in [2.05, 4.69) is 14.9 Å². The van der Waals surface area contributed by atoms with E-state index in [9.17, 15) is 14.4 Å². The predicted octanol–water partition coefficient (Wildman–Crippen LogP) is 3.50. The number of carbonyl (C=O) groups is 3. The Morgan fingerprint density at radius 1 is 0.889 bits per heavy atom. The average Bonchev–Trinajstić information content (AvgIpc) is 3.19. The maximum atomic E-state index is 13.7. The summed E-state index contributed by atoms with van der Waals surface area (Å²) < 4.78 is 0. The van der Waals surface area contributed by atoms with Gasteiger partial charge in [0.2, 0.25) is 5.91 Å². The van der Waals surface area contributed by atoms with Gasteiger partial charge in [-0.15, -0.1) is 0 Å². The van der Waals surface area contributed by atoms with Gasteiger partial charge in [0.1, 0.15) is 18.2 Å². The third-order valence-corrected chi connectivity index (χ3v) is 7.18. The number of anilines is 1. The summed E-state index contributed by atoms with van der Waals surface area (Å²) in [6.07, 6.45) is 2.24. The molecule has 1 saturated heterocycles. The molecule has 0 aliphatic carbocycles. The van der Waals surface area contributed by atoms with Crippen LogP contribution in [0.5, 0.6) is 0 Å². The molecule has 8 nitrogen and oxygen atoms in total. The minimum atomic E-state index is -0.822. The van der Waals surface area contributed by atoms with Crippen molar-refractivity contribution in [2.45, 2.75) is 26.3 Å². The fourth-order valence-electron chi connectivity index (χ4n) is 4.92. The van der Waals surface area contributed by atoms with Crippen LogP contribution in [0.3, 0.4) is 0 Å². The van der Waals surface area contributed by atoms with E-state index in [0.29, 0.717) is 43.7 Å². The Bertz CT molecular complexity index is 1250. The number of hydrogen-bond acceptors (Lipinski definition) is 6. The summed E-state index contributed by atoms with van der Waals surface area (Å²) in [5, 5.41) is 0. The van der Waals surface area contributed by atoms with E-state index >= 15 is 0 Å². The lowest BCUT2D eigenvalue weighted by Crippen LogP contribution is -2.58. The van der Waals surface area contributed by atoms with Crippen LogP contribution in [0, 0.1) is 5.92 Å². The highest BCUT2D eigenvalue weighted by Gasteiger charge is 2.46. The molecule has 1 aromatic heterocycles. The van der Waals surface area contributed by atoms with Crippen molar-refractivity contribution in [1.82, 2.24) is 19.8 Å². The molecule has 5 rings (SSSR count). The number of nitrogens with zero attached hydrogens (tertiary/aromatic N) is 5. The van der Waals surface area contributed by atoms with Gasteiger partial charge in [-0.25, -0.2) is 9.97 Å². The molecule has 2 aliphatic heterocycles. The summed E-state index contributed by atoms with van der Waals surface area (Å²) in [5.74, 6) is -0.293. The second-order valence-corrected chi connectivity index (χ2v) is 9.30. The second-order valence-electron chi connectivity index (χ2n) is 9.30. The topological polar surface area (TPSA) is 86.7 Å². The Hall–Kier alpha value is -4.07. The number of rotatable bonds is 6. The van der Waals surface area contributed by atoms with Gasteiger partial charge in [-0.1, -0.05) is 62.7 Å². The van der Waals surface area contributed by atoms with Crippen LogP contribution in [0.4, 0.5) is 5.82 Å². The number of benzene rings is 2. The van der Waals surface area contributed by atoms with E-state index < -0.39 is 6.04 Å². The molecule has 2 aliphatic rings. The van der Waals surface area contributed by atoms with Crippen molar-refractivity contribution in [1.29, 1.82) is 0 Å². The molecule has 0 saturated carbocycles. The zero-order valence-corrected chi connectivity index (χ0v) is 20.5. The lowest BCUT2D eigenvalue weighted by Gasteiger charge is -2.39. The van der Waals surface area contributed by atoms with Gasteiger partial charge in [0, 0.05) is 37.8 Å². The van der Waals surface area contributed by atoms with Crippen LogP contribution >= 0.6 is 0 Å². The number of fused-ring (bicyclic) bond motifs is 1. The quantitative estimate of drug-likeness (QED) is 0.499. The molecule has 3 heterocycles. The molecule has 0 bridgehead atoms. The van der Waals surface area contributed by atoms with Crippen molar-refractivity contribution in [3.63, 3.8) is 0 Å². The first-order valence-electron chi connectivity index (χ1n) is 12.4. The molecule has 184 valence electrons. The summed E-state index contributed by atoms with van der Waals surface area (Å²) in [6.45, 7) is 6.08. The van der Waals surface area contributed by atoms with Crippen molar-refractivity contribution in [3.8, 4) is 11.3 Å². The van der Waals surface area contributed by atoms with Gasteiger partial charge < -0.3 is 9.80 Å². The van der Waals surface area contributed by atoms with E-state index in [-0.39, 0.29) is 23.6 Å². The number of hydrogen-bond donors (Lipinski definition) is 0.